The number of hydrogen-bond donors (Lipinski definition) is 2. The molecule has 1 aromatic heterocycles. The van der Waals surface area contributed by atoms with E-state index in [2.05, 4.69) is 30.2 Å². The average molecular weight is 447 g/mol. The highest BCUT2D eigenvalue weighted by Gasteiger charge is 2.27. The number of fused-ring (bicyclic) bond motifs is 1. The predicted octanol–water partition coefficient (Wildman–Crippen LogP) is 5.11. The molecule has 0 spiro atoms. The van der Waals surface area contributed by atoms with Crippen molar-refractivity contribution in [1.29, 1.82) is 0 Å². The van der Waals surface area contributed by atoms with Crippen LogP contribution in [0.1, 0.15) is 32.3 Å². The number of rotatable bonds is 7. The van der Waals surface area contributed by atoms with Gasteiger partial charge in [-0.2, -0.15) is 4.98 Å². The zero-order valence-corrected chi connectivity index (χ0v) is 19.1. The molecule has 0 aliphatic carbocycles. The van der Waals surface area contributed by atoms with Gasteiger partial charge in [-0.25, -0.2) is 0 Å². The van der Waals surface area contributed by atoms with Crippen molar-refractivity contribution in [1.82, 2.24) is 4.98 Å². The van der Waals surface area contributed by atoms with Crippen LogP contribution < -0.4 is 10.2 Å². The van der Waals surface area contributed by atoms with Crippen LogP contribution in [0.3, 0.4) is 0 Å². The molecule has 0 saturated carbocycles. The first kappa shape index (κ1) is 21.5. The second kappa shape index (κ2) is 9.59. The number of anilines is 1. The number of likely N-dealkylation sites (tertiary alicyclic amines) is 1. The van der Waals surface area contributed by atoms with E-state index in [0.717, 1.165) is 24.1 Å². The van der Waals surface area contributed by atoms with Gasteiger partial charge in [-0.1, -0.05) is 55.2 Å². The Balaban J connectivity index is 1.31. The molecule has 2 heterocycles. The summed E-state index contributed by atoms with van der Waals surface area (Å²) in [7, 11) is 0. The van der Waals surface area contributed by atoms with Crippen LogP contribution in [0, 0.1) is 11.8 Å². The minimum Gasteiger partial charge on any atom is -0.424 e. The standard InChI is InChI=1S/C24H29Cl2N3O/c1-16(2)22(28-24-27-21-5-3-4-6-23(21)30-24)15-29-11-9-17(10-12-29)13-18-7-8-19(25)20(26)14-18/h3-8,14,16-17,22H,9-13,15H2,1-2H3,(H,27,28)/p+1/t22-/m1/s1. The number of oxazole rings is 1. The van der Waals surface area contributed by atoms with Crippen LogP contribution in [-0.2, 0) is 6.42 Å². The number of piperidine rings is 1. The number of nitrogens with one attached hydrogen (secondary N) is 2. The summed E-state index contributed by atoms with van der Waals surface area (Å²) < 4.78 is 5.89. The number of para-hydroxylation sites is 2. The van der Waals surface area contributed by atoms with Gasteiger partial charge in [-0.05, 0) is 60.9 Å². The molecule has 1 saturated heterocycles. The molecule has 1 aliphatic heterocycles. The van der Waals surface area contributed by atoms with Gasteiger partial charge in [0, 0.05) is 0 Å². The molecule has 0 amide bonds. The molecule has 2 N–H and O–H groups in total. The van der Waals surface area contributed by atoms with Gasteiger partial charge >= 0.3 is 0 Å². The van der Waals surface area contributed by atoms with Gasteiger partial charge < -0.3 is 14.6 Å². The van der Waals surface area contributed by atoms with Crippen LogP contribution in [0.2, 0.25) is 10.0 Å². The number of benzene rings is 2. The lowest BCUT2D eigenvalue weighted by Gasteiger charge is -2.33. The lowest BCUT2D eigenvalue weighted by molar-refractivity contribution is -0.907. The maximum Gasteiger partial charge on any atom is 0.296 e. The normalized spacial score (nSPS) is 20.6. The zero-order valence-electron chi connectivity index (χ0n) is 17.6. The molecule has 2 aromatic carbocycles. The Labute approximate surface area is 188 Å². The summed E-state index contributed by atoms with van der Waals surface area (Å²) >= 11 is 12.2. The van der Waals surface area contributed by atoms with Gasteiger partial charge in [-0.15, -0.1) is 0 Å². The molecule has 0 radical (unpaired) electrons. The smallest absolute Gasteiger partial charge is 0.296 e. The van der Waals surface area contributed by atoms with E-state index in [1.807, 2.05) is 36.4 Å². The van der Waals surface area contributed by atoms with Crippen molar-refractivity contribution in [3.05, 3.63) is 58.1 Å². The Kier molecular flexibility index (Phi) is 6.87. The molecule has 0 unspecified atom stereocenters. The first-order valence-corrected chi connectivity index (χ1v) is 11.6. The molecule has 160 valence electrons. The fraction of sp³-hybridized carbons (Fsp3) is 0.458. The van der Waals surface area contributed by atoms with Crippen molar-refractivity contribution in [2.45, 2.75) is 39.2 Å². The van der Waals surface area contributed by atoms with Gasteiger partial charge in [-0.3, -0.25) is 0 Å². The first-order valence-electron chi connectivity index (χ1n) is 10.9. The van der Waals surface area contributed by atoms with E-state index in [9.17, 15) is 0 Å². The lowest BCUT2D eigenvalue weighted by atomic mass is 9.89. The van der Waals surface area contributed by atoms with Crippen molar-refractivity contribution in [2.75, 3.05) is 25.0 Å². The lowest BCUT2D eigenvalue weighted by Crippen LogP contribution is -3.14. The van der Waals surface area contributed by atoms with Crippen molar-refractivity contribution in [3.63, 3.8) is 0 Å². The minimum absolute atomic E-state index is 0.333. The summed E-state index contributed by atoms with van der Waals surface area (Å²) in [5.41, 5.74) is 3.02. The van der Waals surface area contributed by atoms with Gasteiger partial charge in [0.05, 0.1) is 35.7 Å². The number of aromatic nitrogens is 1. The van der Waals surface area contributed by atoms with E-state index in [1.165, 1.54) is 31.5 Å². The molecule has 4 rings (SSSR count). The Hall–Kier alpha value is -1.75. The topological polar surface area (TPSA) is 42.5 Å². The first-order chi connectivity index (χ1) is 14.5. The third-order valence-corrected chi connectivity index (χ3v) is 6.98. The highest BCUT2D eigenvalue weighted by Crippen LogP contribution is 2.25. The minimum atomic E-state index is 0.333. The maximum atomic E-state index is 6.18. The summed E-state index contributed by atoms with van der Waals surface area (Å²) in [4.78, 5) is 6.25. The van der Waals surface area contributed by atoms with Gasteiger partial charge in [0.2, 0.25) is 0 Å². The number of quaternary nitrogens is 1. The highest BCUT2D eigenvalue weighted by molar-refractivity contribution is 6.42. The molecule has 0 bridgehead atoms. The molecular weight excluding hydrogens is 417 g/mol. The number of nitrogens with zero attached hydrogens (tertiary/aromatic N) is 1. The van der Waals surface area contributed by atoms with Crippen molar-refractivity contribution in [2.24, 2.45) is 11.8 Å². The summed E-state index contributed by atoms with van der Waals surface area (Å²) in [5, 5.41) is 4.84. The fourth-order valence-corrected chi connectivity index (χ4v) is 4.67. The average Bonchev–Trinajstić information content (AvgIpc) is 3.14. The van der Waals surface area contributed by atoms with Crippen LogP contribution in [0.4, 0.5) is 6.01 Å². The molecule has 3 aromatic rings. The molecule has 4 nitrogen and oxygen atoms in total. The number of hydrogen-bond acceptors (Lipinski definition) is 3. The van der Waals surface area contributed by atoms with E-state index < -0.39 is 0 Å². The largest absolute Gasteiger partial charge is 0.424 e. The van der Waals surface area contributed by atoms with Crippen LogP contribution in [-0.4, -0.2) is 30.7 Å². The van der Waals surface area contributed by atoms with Crippen LogP contribution >= 0.6 is 23.2 Å². The molecule has 6 heteroatoms. The summed E-state index contributed by atoms with van der Waals surface area (Å²) in [6.07, 6.45) is 3.56. The van der Waals surface area contributed by atoms with Crippen LogP contribution in [0.5, 0.6) is 0 Å². The highest BCUT2D eigenvalue weighted by atomic mass is 35.5. The van der Waals surface area contributed by atoms with Crippen molar-refractivity contribution in [3.8, 4) is 0 Å². The Morgan fingerprint density at radius 1 is 1.10 bits per heavy atom. The van der Waals surface area contributed by atoms with Crippen LogP contribution in [0.25, 0.3) is 11.1 Å². The van der Waals surface area contributed by atoms with Crippen molar-refractivity contribution < 1.29 is 9.32 Å². The molecule has 1 fully saturated rings. The van der Waals surface area contributed by atoms with E-state index in [-0.39, 0.29) is 0 Å². The maximum absolute atomic E-state index is 6.18. The van der Waals surface area contributed by atoms with Gasteiger partial charge in [0.15, 0.2) is 5.58 Å². The molecule has 1 aliphatic rings. The van der Waals surface area contributed by atoms with E-state index in [1.54, 1.807) is 4.90 Å². The third kappa shape index (κ3) is 5.29. The van der Waals surface area contributed by atoms with Gasteiger partial charge in [0.25, 0.3) is 6.01 Å². The fourth-order valence-electron chi connectivity index (χ4n) is 4.35. The second-order valence-electron chi connectivity index (χ2n) is 8.83. The zero-order chi connectivity index (χ0) is 21.1. The van der Waals surface area contributed by atoms with Gasteiger partial charge in [0.1, 0.15) is 5.52 Å². The predicted molar refractivity (Wildman–Crippen MR) is 125 cm³/mol. The van der Waals surface area contributed by atoms with Crippen molar-refractivity contribution >= 4 is 40.3 Å². The monoisotopic (exact) mass is 446 g/mol. The molecule has 1 atom stereocenters. The summed E-state index contributed by atoms with van der Waals surface area (Å²) in [6.45, 7) is 8.00. The van der Waals surface area contributed by atoms with Crippen LogP contribution in [0.15, 0.2) is 46.9 Å². The van der Waals surface area contributed by atoms with E-state index in [0.29, 0.717) is 33.9 Å². The molecular formula is C24H30Cl2N3O+. The quantitative estimate of drug-likeness (QED) is 0.529. The van der Waals surface area contributed by atoms with E-state index in [4.69, 9.17) is 27.6 Å². The summed E-state index contributed by atoms with van der Waals surface area (Å²) in [6, 6.07) is 14.9. The second-order valence-corrected chi connectivity index (χ2v) is 9.65. The summed E-state index contributed by atoms with van der Waals surface area (Å²) in [5.74, 6) is 1.22. The Morgan fingerprint density at radius 3 is 2.57 bits per heavy atom. The Bertz CT molecular complexity index is 946. The van der Waals surface area contributed by atoms with E-state index >= 15 is 0 Å². The SMILES string of the molecule is CC(C)[C@@H](C[NH+]1CCC(Cc2ccc(Cl)c(Cl)c2)CC1)Nc1nc2ccccc2o1. The number of halogens is 2. The molecule has 30 heavy (non-hydrogen) atoms. The Morgan fingerprint density at radius 2 is 1.87 bits per heavy atom. The third-order valence-electron chi connectivity index (χ3n) is 6.24.